The highest BCUT2D eigenvalue weighted by Crippen LogP contribution is 2.21. The van der Waals surface area contributed by atoms with Gasteiger partial charge in [-0.25, -0.2) is 4.31 Å². The van der Waals surface area contributed by atoms with Crippen molar-refractivity contribution in [3.63, 3.8) is 0 Å². The second-order valence-electron chi connectivity index (χ2n) is 1.65. The van der Waals surface area contributed by atoms with Crippen LogP contribution in [0.5, 0.6) is 0 Å². The molecule has 1 unspecified atom stereocenters. The lowest BCUT2D eigenvalue weighted by molar-refractivity contribution is 0.0942. The molecule has 0 amide bonds. The van der Waals surface area contributed by atoms with Gasteiger partial charge in [-0.2, -0.15) is 0 Å². The third-order valence-corrected chi connectivity index (χ3v) is 2.16. The molecule has 1 N–H and O–H groups in total. The molecule has 1 aliphatic heterocycles. The fourth-order valence-electron chi connectivity index (χ4n) is 0.570. The molecule has 0 aromatic rings. The van der Waals surface area contributed by atoms with Crippen molar-refractivity contribution in [3.05, 3.63) is 0 Å². The minimum absolute atomic E-state index is 0. The van der Waals surface area contributed by atoms with Crippen molar-refractivity contribution in [2.75, 3.05) is 12.8 Å². The molecule has 0 aliphatic carbocycles. The molecule has 8 heavy (non-hydrogen) atoms. The van der Waals surface area contributed by atoms with Crippen molar-refractivity contribution >= 4 is 24.4 Å². The SMILES string of the molecule is CN1SCCC1O.Cl. The summed E-state index contributed by atoms with van der Waals surface area (Å²) in [6.45, 7) is 0. The molecule has 50 valence electrons. The minimum Gasteiger partial charge on any atom is -0.378 e. The number of aliphatic hydroxyl groups excluding tert-OH is 1. The zero-order valence-electron chi connectivity index (χ0n) is 4.70. The summed E-state index contributed by atoms with van der Waals surface area (Å²) < 4.78 is 1.88. The van der Waals surface area contributed by atoms with E-state index in [9.17, 15) is 0 Å². The molecule has 0 radical (unpaired) electrons. The number of aliphatic hydroxyl groups is 1. The molecule has 1 fully saturated rings. The molecular formula is C4H10ClNOS. The monoisotopic (exact) mass is 155 g/mol. The average Bonchev–Trinajstić information content (AvgIpc) is 1.91. The van der Waals surface area contributed by atoms with Gasteiger partial charge < -0.3 is 5.11 Å². The highest BCUT2D eigenvalue weighted by molar-refractivity contribution is 7.97. The summed E-state index contributed by atoms with van der Waals surface area (Å²) >= 11 is 1.69. The van der Waals surface area contributed by atoms with E-state index in [2.05, 4.69) is 0 Å². The second-order valence-corrected chi connectivity index (χ2v) is 2.89. The molecule has 1 heterocycles. The van der Waals surface area contributed by atoms with E-state index in [1.807, 2.05) is 11.4 Å². The van der Waals surface area contributed by atoms with Gasteiger partial charge in [-0.05, 0) is 6.42 Å². The lowest BCUT2D eigenvalue weighted by atomic mass is 10.4. The lowest BCUT2D eigenvalue weighted by Gasteiger charge is -2.09. The molecule has 1 rings (SSSR count). The van der Waals surface area contributed by atoms with Crippen molar-refractivity contribution in [2.24, 2.45) is 0 Å². The van der Waals surface area contributed by atoms with Crippen LogP contribution in [0.4, 0.5) is 0 Å². The number of halogens is 1. The van der Waals surface area contributed by atoms with Crippen molar-refractivity contribution in [1.82, 2.24) is 4.31 Å². The zero-order valence-corrected chi connectivity index (χ0v) is 6.34. The van der Waals surface area contributed by atoms with Gasteiger partial charge in [0.05, 0.1) is 0 Å². The van der Waals surface area contributed by atoms with Gasteiger partial charge in [0.2, 0.25) is 0 Å². The summed E-state index contributed by atoms with van der Waals surface area (Å²) in [5, 5.41) is 8.90. The van der Waals surface area contributed by atoms with E-state index in [0.717, 1.165) is 12.2 Å². The van der Waals surface area contributed by atoms with Crippen LogP contribution in [0.1, 0.15) is 6.42 Å². The Kier molecular flexibility index (Phi) is 3.81. The molecule has 1 aliphatic rings. The van der Waals surface area contributed by atoms with E-state index in [4.69, 9.17) is 5.11 Å². The van der Waals surface area contributed by atoms with E-state index in [-0.39, 0.29) is 18.6 Å². The highest BCUT2D eigenvalue weighted by atomic mass is 35.5. The second kappa shape index (κ2) is 3.56. The first-order chi connectivity index (χ1) is 3.30. The van der Waals surface area contributed by atoms with Crippen LogP contribution in [0.3, 0.4) is 0 Å². The van der Waals surface area contributed by atoms with Crippen LogP contribution >= 0.6 is 24.4 Å². The summed E-state index contributed by atoms with van der Waals surface area (Å²) in [5.74, 6) is 1.07. The number of nitrogens with zero attached hydrogens (tertiary/aromatic N) is 1. The summed E-state index contributed by atoms with van der Waals surface area (Å²) in [6, 6.07) is 0. The van der Waals surface area contributed by atoms with E-state index < -0.39 is 0 Å². The lowest BCUT2D eigenvalue weighted by Crippen LogP contribution is -2.17. The Hall–Kier alpha value is 0.560. The predicted molar refractivity (Wildman–Crippen MR) is 38.1 cm³/mol. The predicted octanol–water partition coefficient (Wildman–Crippen LogP) is 0.710. The Bertz CT molecular complexity index is 65.1. The van der Waals surface area contributed by atoms with Crippen molar-refractivity contribution in [1.29, 1.82) is 0 Å². The molecule has 0 bridgehead atoms. The standard InChI is InChI=1S/C4H9NOS.ClH/c1-5-4(6)2-3-7-5;/h4,6H,2-3H2,1H3;1H. The molecule has 0 saturated carbocycles. The normalized spacial score (nSPS) is 30.0. The fraction of sp³-hybridized carbons (Fsp3) is 1.00. The maximum Gasteiger partial charge on any atom is 0.116 e. The Morgan fingerprint density at radius 3 is 2.50 bits per heavy atom. The van der Waals surface area contributed by atoms with Crippen LogP contribution in [0.2, 0.25) is 0 Å². The summed E-state index contributed by atoms with van der Waals surface area (Å²) in [5.41, 5.74) is 0. The first-order valence-corrected chi connectivity index (χ1v) is 3.29. The molecule has 4 heteroatoms. The molecule has 0 aromatic heterocycles. The highest BCUT2D eigenvalue weighted by Gasteiger charge is 2.17. The van der Waals surface area contributed by atoms with E-state index in [1.165, 1.54) is 0 Å². The molecular weight excluding hydrogens is 146 g/mol. The summed E-state index contributed by atoms with van der Waals surface area (Å²) in [6.07, 6.45) is 0.728. The van der Waals surface area contributed by atoms with Gasteiger partial charge in [0.15, 0.2) is 0 Å². The Morgan fingerprint density at radius 1 is 1.75 bits per heavy atom. The minimum atomic E-state index is -0.190. The van der Waals surface area contributed by atoms with Crippen molar-refractivity contribution in [2.45, 2.75) is 12.6 Å². The van der Waals surface area contributed by atoms with Gasteiger partial charge in [0.25, 0.3) is 0 Å². The molecule has 0 spiro atoms. The molecule has 0 aromatic carbocycles. The van der Waals surface area contributed by atoms with Gasteiger partial charge >= 0.3 is 0 Å². The first-order valence-electron chi connectivity index (χ1n) is 2.34. The number of hydrogen-bond donors (Lipinski definition) is 1. The zero-order chi connectivity index (χ0) is 5.28. The number of rotatable bonds is 0. The van der Waals surface area contributed by atoms with E-state index in [1.54, 1.807) is 11.9 Å². The third kappa shape index (κ3) is 1.82. The van der Waals surface area contributed by atoms with Gasteiger partial charge in [0, 0.05) is 12.8 Å². The summed E-state index contributed by atoms with van der Waals surface area (Å²) in [7, 11) is 1.91. The van der Waals surface area contributed by atoms with Crippen LogP contribution in [-0.4, -0.2) is 28.4 Å². The Balaban J connectivity index is 0.000000490. The Morgan fingerprint density at radius 2 is 2.38 bits per heavy atom. The molecule has 1 saturated heterocycles. The quantitative estimate of drug-likeness (QED) is 0.522. The third-order valence-electron chi connectivity index (χ3n) is 1.09. The molecule has 1 atom stereocenters. The van der Waals surface area contributed by atoms with Gasteiger partial charge in [0.1, 0.15) is 6.23 Å². The first kappa shape index (κ1) is 8.56. The Labute approximate surface area is 59.8 Å². The maximum atomic E-state index is 8.90. The van der Waals surface area contributed by atoms with Gasteiger partial charge in [-0.15, -0.1) is 12.4 Å². The topological polar surface area (TPSA) is 23.5 Å². The fourth-order valence-corrected chi connectivity index (χ4v) is 1.45. The van der Waals surface area contributed by atoms with E-state index in [0.29, 0.717) is 0 Å². The largest absolute Gasteiger partial charge is 0.378 e. The van der Waals surface area contributed by atoms with Crippen molar-refractivity contribution in [3.8, 4) is 0 Å². The summed E-state index contributed by atoms with van der Waals surface area (Å²) in [4.78, 5) is 0. The van der Waals surface area contributed by atoms with Crippen LogP contribution in [0, 0.1) is 0 Å². The van der Waals surface area contributed by atoms with Gasteiger partial charge in [-0.3, -0.25) is 0 Å². The maximum absolute atomic E-state index is 8.90. The van der Waals surface area contributed by atoms with Crippen LogP contribution in [-0.2, 0) is 0 Å². The van der Waals surface area contributed by atoms with Crippen molar-refractivity contribution < 1.29 is 5.11 Å². The van der Waals surface area contributed by atoms with Gasteiger partial charge in [-0.1, -0.05) is 11.9 Å². The average molecular weight is 156 g/mol. The van der Waals surface area contributed by atoms with E-state index >= 15 is 0 Å². The smallest absolute Gasteiger partial charge is 0.116 e. The van der Waals surface area contributed by atoms with Crippen LogP contribution in [0.25, 0.3) is 0 Å². The number of hydrogen-bond acceptors (Lipinski definition) is 3. The van der Waals surface area contributed by atoms with Crippen LogP contribution in [0.15, 0.2) is 0 Å². The molecule has 2 nitrogen and oxygen atoms in total. The van der Waals surface area contributed by atoms with Crippen LogP contribution < -0.4 is 0 Å².